The lowest BCUT2D eigenvalue weighted by molar-refractivity contribution is 0.425. The number of imidazole rings is 1. The number of rotatable bonds is 2. The van der Waals surface area contributed by atoms with Gasteiger partial charge in [0.25, 0.3) is 0 Å². The molecule has 0 saturated heterocycles. The van der Waals surface area contributed by atoms with Gasteiger partial charge in [-0.15, -0.1) is 0 Å². The van der Waals surface area contributed by atoms with Crippen LogP contribution in [0.5, 0.6) is 0 Å². The Morgan fingerprint density at radius 3 is 3.00 bits per heavy atom. The van der Waals surface area contributed by atoms with E-state index in [4.69, 9.17) is 0 Å². The van der Waals surface area contributed by atoms with Gasteiger partial charge in [0.05, 0.1) is 5.69 Å². The quantitative estimate of drug-likeness (QED) is 0.790. The fourth-order valence-corrected chi connectivity index (χ4v) is 2.67. The molecular weight excluding hydrogens is 227 g/mol. The summed E-state index contributed by atoms with van der Waals surface area (Å²) in [5.41, 5.74) is 1.70. The van der Waals surface area contributed by atoms with Crippen LogP contribution in [0, 0.1) is 5.82 Å². The van der Waals surface area contributed by atoms with Gasteiger partial charge in [-0.2, -0.15) is 0 Å². The summed E-state index contributed by atoms with van der Waals surface area (Å²) in [6, 6.07) is 7.46. The highest BCUT2D eigenvalue weighted by Crippen LogP contribution is 2.25. The first-order chi connectivity index (χ1) is 8.74. The molecule has 0 bridgehead atoms. The Kier molecular flexibility index (Phi) is 2.90. The predicted octanol–water partition coefficient (Wildman–Crippen LogP) is 3.51. The van der Waals surface area contributed by atoms with Crippen LogP contribution in [-0.4, -0.2) is 9.55 Å². The Hall–Kier alpha value is -1.64. The van der Waals surface area contributed by atoms with Crippen LogP contribution in [0.1, 0.15) is 42.9 Å². The van der Waals surface area contributed by atoms with Gasteiger partial charge in [-0.05, 0) is 31.4 Å². The molecule has 1 aliphatic rings. The van der Waals surface area contributed by atoms with Crippen molar-refractivity contribution in [3.8, 4) is 0 Å². The number of nitrogens with zero attached hydrogens (tertiary/aromatic N) is 2. The van der Waals surface area contributed by atoms with Gasteiger partial charge in [0.15, 0.2) is 0 Å². The van der Waals surface area contributed by atoms with E-state index in [0.29, 0.717) is 12.5 Å². The van der Waals surface area contributed by atoms with Crippen LogP contribution in [0.15, 0.2) is 30.5 Å². The fourth-order valence-electron chi connectivity index (χ4n) is 2.67. The van der Waals surface area contributed by atoms with E-state index in [-0.39, 0.29) is 5.82 Å². The lowest BCUT2D eigenvalue weighted by Gasteiger charge is -2.20. The second-order valence-corrected chi connectivity index (χ2v) is 5.07. The molecule has 3 heteroatoms. The highest BCUT2D eigenvalue weighted by atomic mass is 19.1. The van der Waals surface area contributed by atoms with Crippen molar-refractivity contribution in [3.63, 3.8) is 0 Å². The molecular formula is C15H17FN2. The van der Waals surface area contributed by atoms with Crippen LogP contribution in [0.2, 0.25) is 0 Å². The van der Waals surface area contributed by atoms with Gasteiger partial charge >= 0.3 is 0 Å². The number of fused-ring (bicyclic) bond motifs is 1. The van der Waals surface area contributed by atoms with Crippen LogP contribution in [0.25, 0.3) is 0 Å². The van der Waals surface area contributed by atoms with Gasteiger partial charge in [0, 0.05) is 25.1 Å². The molecule has 2 heterocycles. The third kappa shape index (κ3) is 2.05. The van der Waals surface area contributed by atoms with E-state index < -0.39 is 0 Å². The first-order valence-electron chi connectivity index (χ1n) is 6.54. The van der Waals surface area contributed by atoms with Crippen molar-refractivity contribution in [3.05, 3.63) is 53.4 Å². The molecule has 94 valence electrons. The van der Waals surface area contributed by atoms with Gasteiger partial charge in [0.1, 0.15) is 11.6 Å². The molecule has 0 N–H and O–H groups in total. The van der Waals surface area contributed by atoms with Gasteiger partial charge in [0.2, 0.25) is 0 Å². The van der Waals surface area contributed by atoms with Crippen molar-refractivity contribution < 1.29 is 4.39 Å². The average Bonchev–Trinajstić information content (AvgIpc) is 2.76. The maximum Gasteiger partial charge on any atom is 0.126 e. The van der Waals surface area contributed by atoms with E-state index in [1.165, 1.54) is 18.9 Å². The molecule has 1 aromatic heterocycles. The smallest absolute Gasteiger partial charge is 0.126 e. The molecule has 0 spiro atoms. The summed E-state index contributed by atoms with van der Waals surface area (Å²) in [5.74, 6) is 1.01. The molecule has 3 rings (SSSR count). The van der Waals surface area contributed by atoms with Gasteiger partial charge in [-0.25, -0.2) is 9.37 Å². The zero-order valence-corrected chi connectivity index (χ0v) is 10.6. The Bertz CT molecular complexity index is 559. The lowest BCUT2D eigenvalue weighted by Crippen LogP contribution is -2.14. The summed E-state index contributed by atoms with van der Waals surface area (Å²) >= 11 is 0. The number of hydrogen-bond donors (Lipinski definition) is 0. The number of halogens is 1. The van der Waals surface area contributed by atoms with Crippen molar-refractivity contribution in [1.82, 2.24) is 9.55 Å². The maximum atomic E-state index is 13.6. The highest BCUT2D eigenvalue weighted by Gasteiger charge is 2.18. The van der Waals surface area contributed by atoms with Crippen LogP contribution in [-0.2, 0) is 12.8 Å². The SMILES string of the molecule is CC1CCCc2nc(Cc3ccccc3F)cn21. The molecule has 0 radical (unpaired) electrons. The van der Waals surface area contributed by atoms with Crippen LogP contribution in [0.3, 0.4) is 0 Å². The second kappa shape index (κ2) is 4.56. The summed E-state index contributed by atoms with van der Waals surface area (Å²) in [4.78, 5) is 4.63. The largest absolute Gasteiger partial charge is 0.332 e. The van der Waals surface area contributed by atoms with Gasteiger partial charge in [-0.3, -0.25) is 0 Å². The molecule has 18 heavy (non-hydrogen) atoms. The second-order valence-electron chi connectivity index (χ2n) is 5.07. The van der Waals surface area contributed by atoms with Gasteiger partial charge < -0.3 is 4.57 Å². The van der Waals surface area contributed by atoms with Crippen LogP contribution < -0.4 is 0 Å². The normalized spacial score (nSPS) is 18.7. The lowest BCUT2D eigenvalue weighted by atomic mass is 10.1. The van der Waals surface area contributed by atoms with Crippen molar-refractivity contribution in [2.24, 2.45) is 0 Å². The Morgan fingerprint density at radius 1 is 1.39 bits per heavy atom. The van der Waals surface area contributed by atoms with Crippen LogP contribution >= 0.6 is 0 Å². The van der Waals surface area contributed by atoms with E-state index >= 15 is 0 Å². The Balaban J connectivity index is 1.88. The van der Waals surface area contributed by atoms with Crippen LogP contribution in [0.4, 0.5) is 4.39 Å². The maximum absolute atomic E-state index is 13.6. The van der Waals surface area contributed by atoms with Crippen molar-refractivity contribution in [2.75, 3.05) is 0 Å². The zero-order chi connectivity index (χ0) is 12.5. The highest BCUT2D eigenvalue weighted by molar-refractivity contribution is 5.23. The van der Waals surface area contributed by atoms with E-state index in [1.54, 1.807) is 6.07 Å². The molecule has 0 aliphatic carbocycles. The molecule has 1 aromatic carbocycles. The summed E-state index contributed by atoms with van der Waals surface area (Å²) < 4.78 is 15.9. The van der Waals surface area contributed by atoms with E-state index in [1.807, 2.05) is 12.1 Å². The minimum Gasteiger partial charge on any atom is -0.332 e. The molecule has 1 atom stereocenters. The van der Waals surface area contributed by atoms with Crippen molar-refractivity contribution in [2.45, 2.75) is 38.6 Å². The number of hydrogen-bond acceptors (Lipinski definition) is 1. The minimum absolute atomic E-state index is 0.142. The zero-order valence-electron chi connectivity index (χ0n) is 10.6. The van der Waals surface area contributed by atoms with Crippen molar-refractivity contribution >= 4 is 0 Å². The number of aromatic nitrogens is 2. The fraction of sp³-hybridized carbons (Fsp3) is 0.400. The number of aryl methyl sites for hydroxylation is 1. The summed E-state index contributed by atoms with van der Waals surface area (Å²) in [7, 11) is 0. The molecule has 2 aromatic rings. The summed E-state index contributed by atoms with van der Waals surface area (Å²) in [6.45, 7) is 2.22. The topological polar surface area (TPSA) is 17.8 Å². The van der Waals surface area contributed by atoms with Gasteiger partial charge in [-0.1, -0.05) is 18.2 Å². The van der Waals surface area contributed by atoms with Crippen molar-refractivity contribution in [1.29, 1.82) is 0 Å². The monoisotopic (exact) mass is 244 g/mol. The van der Waals surface area contributed by atoms with E-state index in [9.17, 15) is 4.39 Å². The first kappa shape index (κ1) is 11.5. The standard InChI is InChI=1S/C15H17FN2/c1-11-5-4-8-15-17-13(10-18(11)15)9-12-6-2-3-7-14(12)16/h2-3,6-7,10-11H,4-5,8-9H2,1H3. The minimum atomic E-state index is -0.142. The van der Waals surface area contributed by atoms with E-state index in [2.05, 4.69) is 22.7 Å². The van der Waals surface area contributed by atoms with E-state index in [0.717, 1.165) is 23.5 Å². The summed E-state index contributed by atoms with van der Waals surface area (Å²) in [6.07, 6.45) is 6.13. The molecule has 0 saturated carbocycles. The third-order valence-electron chi connectivity index (χ3n) is 3.69. The molecule has 1 aliphatic heterocycles. The molecule has 0 fully saturated rings. The number of benzene rings is 1. The first-order valence-corrected chi connectivity index (χ1v) is 6.54. The average molecular weight is 244 g/mol. The molecule has 0 amide bonds. The third-order valence-corrected chi connectivity index (χ3v) is 3.69. The summed E-state index contributed by atoms with van der Waals surface area (Å²) in [5, 5.41) is 0. The molecule has 1 unspecified atom stereocenters. The Morgan fingerprint density at radius 2 is 2.22 bits per heavy atom. The molecule has 2 nitrogen and oxygen atoms in total. The Labute approximate surface area is 106 Å². The predicted molar refractivity (Wildman–Crippen MR) is 69.1 cm³/mol.